The summed E-state index contributed by atoms with van der Waals surface area (Å²) in [7, 11) is 0. The minimum Gasteiger partial charge on any atom is -0.322 e. The highest BCUT2D eigenvalue weighted by atomic mass is 16.2. The molecule has 0 aliphatic carbocycles. The van der Waals surface area contributed by atoms with E-state index in [0.717, 1.165) is 17.2 Å². The van der Waals surface area contributed by atoms with Crippen molar-refractivity contribution in [2.24, 2.45) is 5.10 Å². The number of carbonyl (C=O) groups excluding carboxylic acids is 3. The van der Waals surface area contributed by atoms with Crippen LogP contribution in [0.2, 0.25) is 0 Å². The van der Waals surface area contributed by atoms with Gasteiger partial charge in [-0.05, 0) is 54.3 Å². The molecule has 0 bridgehead atoms. The number of aromatic amines is 1. The third kappa shape index (κ3) is 5.66. The average molecular weight is 467 g/mol. The molecule has 3 aromatic carbocycles. The minimum absolute atomic E-state index is 0.160. The van der Waals surface area contributed by atoms with E-state index in [1.807, 2.05) is 37.3 Å². The molecule has 0 fully saturated rings. The Hall–Kier alpha value is -5.05. The Morgan fingerprint density at radius 2 is 1.63 bits per heavy atom. The lowest BCUT2D eigenvalue weighted by molar-refractivity contribution is -0.136. The molecule has 0 saturated carbocycles. The predicted octanol–water partition coefficient (Wildman–Crippen LogP) is 3.18. The Balaban J connectivity index is 1.42. The van der Waals surface area contributed by atoms with Gasteiger partial charge in [0.25, 0.3) is 11.5 Å². The molecule has 0 unspecified atom stereocenters. The Morgan fingerprint density at radius 1 is 0.857 bits per heavy atom. The van der Waals surface area contributed by atoms with Crippen LogP contribution in [0.3, 0.4) is 0 Å². The average Bonchev–Trinajstić information content (AvgIpc) is 2.84. The lowest BCUT2D eigenvalue weighted by atomic mass is 10.1. The molecular formula is C26H21N5O4. The molecular weight excluding hydrogens is 446 g/mol. The first kappa shape index (κ1) is 23.1. The molecule has 4 N–H and O–H groups in total. The highest BCUT2D eigenvalue weighted by molar-refractivity contribution is 6.40. The number of nitrogens with zero attached hydrogens (tertiary/aromatic N) is 1. The van der Waals surface area contributed by atoms with Crippen LogP contribution in [0.25, 0.3) is 10.9 Å². The van der Waals surface area contributed by atoms with Crippen LogP contribution >= 0.6 is 0 Å². The van der Waals surface area contributed by atoms with Crippen molar-refractivity contribution in [1.82, 2.24) is 10.4 Å². The molecule has 174 valence electrons. The molecule has 9 heteroatoms. The molecule has 1 aromatic heterocycles. The summed E-state index contributed by atoms with van der Waals surface area (Å²) in [4.78, 5) is 52.2. The number of fused-ring (bicyclic) bond motifs is 1. The second-order valence-corrected chi connectivity index (χ2v) is 7.66. The molecule has 1 heterocycles. The van der Waals surface area contributed by atoms with Crippen LogP contribution in [-0.4, -0.2) is 28.9 Å². The number of nitrogens with one attached hydrogen (secondary N) is 4. The lowest BCUT2D eigenvalue weighted by Crippen LogP contribution is -2.33. The summed E-state index contributed by atoms with van der Waals surface area (Å²) >= 11 is 0. The van der Waals surface area contributed by atoms with Crippen molar-refractivity contribution < 1.29 is 14.4 Å². The molecule has 4 rings (SSSR count). The first-order valence-electron chi connectivity index (χ1n) is 10.6. The summed E-state index contributed by atoms with van der Waals surface area (Å²) in [5, 5.41) is 9.68. The van der Waals surface area contributed by atoms with E-state index in [0.29, 0.717) is 11.2 Å². The molecule has 4 aromatic rings. The number of amides is 3. The van der Waals surface area contributed by atoms with Crippen LogP contribution in [-0.2, 0) is 9.59 Å². The van der Waals surface area contributed by atoms with Gasteiger partial charge in [0.15, 0.2) is 0 Å². The molecule has 9 nitrogen and oxygen atoms in total. The Morgan fingerprint density at radius 3 is 2.46 bits per heavy atom. The van der Waals surface area contributed by atoms with Crippen LogP contribution in [0.1, 0.15) is 21.5 Å². The van der Waals surface area contributed by atoms with Crippen molar-refractivity contribution in [3.05, 3.63) is 106 Å². The summed E-state index contributed by atoms with van der Waals surface area (Å²) in [5.74, 6) is -2.53. The van der Waals surface area contributed by atoms with E-state index in [9.17, 15) is 19.2 Å². The molecule has 0 spiro atoms. The maximum absolute atomic E-state index is 12.7. The van der Waals surface area contributed by atoms with E-state index in [1.165, 1.54) is 12.1 Å². The number of hydrogen-bond acceptors (Lipinski definition) is 5. The van der Waals surface area contributed by atoms with E-state index < -0.39 is 17.7 Å². The zero-order chi connectivity index (χ0) is 24.8. The van der Waals surface area contributed by atoms with Gasteiger partial charge in [0.1, 0.15) is 0 Å². The van der Waals surface area contributed by atoms with E-state index in [1.54, 1.807) is 36.4 Å². The normalized spacial score (nSPS) is 10.8. The monoisotopic (exact) mass is 467 g/mol. The molecule has 0 saturated heterocycles. The smallest absolute Gasteiger partial charge is 0.322 e. The van der Waals surface area contributed by atoms with Crippen molar-refractivity contribution in [3.63, 3.8) is 0 Å². The van der Waals surface area contributed by atoms with Gasteiger partial charge in [0.05, 0.1) is 23.0 Å². The predicted molar refractivity (Wildman–Crippen MR) is 135 cm³/mol. The largest absolute Gasteiger partial charge is 0.329 e. The Bertz CT molecular complexity index is 1520. The van der Waals surface area contributed by atoms with Crippen molar-refractivity contribution in [2.75, 3.05) is 10.6 Å². The van der Waals surface area contributed by atoms with Crippen molar-refractivity contribution in [1.29, 1.82) is 0 Å². The van der Waals surface area contributed by atoms with Crippen molar-refractivity contribution >= 4 is 46.2 Å². The van der Waals surface area contributed by atoms with Gasteiger partial charge >= 0.3 is 11.8 Å². The van der Waals surface area contributed by atoms with Crippen LogP contribution in [0.15, 0.2) is 88.8 Å². The van der Waals surface area contributed by atoms with Crippen LogP contribution in [0, 0.1) is 6.92 Å². The summed E-state index contributed by atoms with van der Waals surface area (Å²) in [6, 6.07) is 22.4. The molecule has 0 atom stereocenters. The quantitative estimate of drug-likeness (QED) is 0.204. The zero-order valence-corrected chi connectivity index (χ0v) is 18.7. The van der Waals surface area contributed by atoms with Crippen LogP contribution in [0.4, 0.5) is 11.4 Å². The highest BCUT2D eigenvalue weighted by Crippen LogP contribution is 2.18. The van der Waals surface area contributed by atoms with Crippen LogP contribution < -0.4 is 21.6 Å². The van der Waals surface area contributed by atoms with Gasteiger partial charge in [0, 0.05) is 11.2 Å². The molecule has 0 aliphatic heterocycles. The first-order chi connectivity index (χ1) is 16.9. The maximum atomic E-state index is 12.7. The van der Waals surface area contributed by atoms with Crippen molar-refractivity contribution in [3.8, 4) is 0 Å². The molecule has 35 heavy (non-hydrogen) atoms. The topological polar surface area (TPSA) is 133 Å². The van der Waals surface area contributed by atoms with Crippen molar-refractivity contribution in [2.45, 2.75) is 6.92 Å². The summed E-state index contributed by atoms with van der Waals surface area (Å²) in [6.45, 7) is 1.90. The number of hydrogen-bond donors (Lipinski definition) is 4. The standard InChI is InChI=1S/C26H21N5O4/c1-16-7-6-9-19(13-16)28-24(33)20-10-3-5-12-22(20)30-25(34)26(35)31-27-15-18-14-17-8-2-4-11-21(17)29-23(18)32/h2-15H,1H3,(H,28,33)(H,29,32)(H,30,34)(H,31,35)/b27-15+. The molecule has 0 aliphatic rings. The van der Waals surface area contributed by atoms with Gasteiger partial charge in [-0.15, -0.1) is 0 Å². The maximum Gasteiger partial charge on any atom is 0.329 e. The summed E-state index contributed by atoms with van der Waals surface area (Å²) in [6.07, 6.45) is 1.15. The fourth-order valence-corrected chi connectivity index (χ4v) is 3.36. The number of rotatable bonds is 5. The van der Waals surface area contributed by atoms with Gasteiger partial charge in [-0.25, -0.2) is 5.43 Å². The molecule has 3 amide bonds. The molecule has 0 radical (unpaired) electrons. The summed E-state index contributed by atoms with van der Waals surface area (Å²) in [5.41, 5.74) is 4.50. The minimum atomic E-state index is -1.06. The van der Waals surface area contributed by atoms with Gasteiger partial charge in [-0.3, -0.25) is 19.2 Å². The summed E-state index contributed by atoms with van der Waals surface area (Å²) < 4.78 is 0. The van der Waals surface area contributed by atoms with E-state index in [-0.39, 0.29) is 22.4 Å². The second-order valence-electron chi connectivity index (χ2n) is 7.66. The number of aryl methyl sites for hydroxylation is 1. The number of pyridine rings is 1. The number of carbonyl (C=O) groups is 3. The number of aromatic nitrogens is 1. The van der Waals surface area contributed by atoms with Gasteiger partial charge in [-0.1, -0.05) is 42.5 Å². The van der Waals surface area contributed by atoms with Crippen LogP contribution in [0.5, 0.6) is 0 Å². The van der Waals surface area contributed by atoms with E-state index in [2.05, 4.69) is 26.1 Å². The van der Waals surface area contributed by atoms with Gasteiger partial charge < -0.3 is 15.6 Å². The fraction of sp³-hybridized carbons (Fsp3) is 0.0385. The van der Waals surface area contributed by atoms with E-state index in [4.69, 9.17) is 0 Å². The first-order valence-corrected chi connectivity index (χ1v) is 10.6. The zero-order valence-electron chi connectivity index (χ0n) is 18.7. The number of benzene rings is 3. The van der Waals surface area contributed by atoms with Gasteiger partial charge in [0.2, 0.25) is 0 Å². The second kappa shape index (κ2) is 10.3. The number of para-hydroxylation sites is 2. The lowest BCUT2D eigenvalue weighted by Gasteiger charge is -2.11. The third-order valence-electron chi connectivity index (χ3n) is 5.05. The SMILES string of the molecule is Cc1cccc(NC(=O)c2ccccc2NC(=O)C(=O)N/N=C/c2cc3ccccc3[nH]c2=O)c1. The number of hydrazone groups is 1. The fourth-order valence-electron chi connectivity index (χ4n) is 3.36. The Kier molecular flexibility index (Phi) is 6.78. The number of H-pyrrole nitrogens is 1. The van der Waals surface area contributed by atoms with E-state index >= 15 is 0 Å². The van der Waals surface area contributed by atoms with Gasteiger partial charge in [-0.2, -0.15) is 5.10 Å². The Labute approximate surface area is 199 Å². The highest BCUT2D eigenvalue weighted by Gasteiger charge is 2.18. The number of anilines is 2. The third-order valence-corrected chi connectivity index (χ3v) is 5.05.